The van der Waals surface area contributed by atoms with E-state index in [0.717, 1.165) is 18.4 Å². The molecule has 3 heteroatoms. The molecule has 1 aliphatic rings. The first kappa shape index (κ1) is 10.1. The molecule has 1 N–H and O–H groups in total. The lowest BCUT2D eigenvalue weighted by atomic mass is 9.93. The Kier molecular flexibility index (Phi) is 2.71. The van der Waals surface area contributed by atoms with Crippen molar-refractivity contribution in [3.05, 3.63) is 35.1 Å². The van der Waals surface area contributed by atoms with Gasteiger partial charge in [-0.3, -0.25) is 4.79 Å². The first-order valence-electron chi connectivity index (χ1n) is 5.23. The van der Waals surface area contributed by atoms with E-state index in [1.54, 1.807) is 13.0 Å². The number of benzene rings is 1. The van der Waals surface area contributed by atoms with E-state index in [1.165, 1.54) is 18.6 Å². The Morgan fingerprint density at radius 2 is 2.20 bits per heavy atom. The molecule has 1 saturated carbocycles. The van der Waals surface area contributed by atoms with Gasteiger partial charge in [0.05, 0.1) is 0 Å². The van der Waals surface area contributed by atoms with E-state index in [9.17, 15) is 9.18 Å². The van der Waals surface area contributed by atoms with Crippen LogP contribution in [0.25, 0.3) is 0 Å². The second-order valence-corrected chi connectivity index (χ2v) is 4.12. The summed E-state index contributed by atoms with van der Waals surface area (Å²) in [6.07, 6.45) is 3.26. The number of hydrogen-bond acceptors (Lipinski definition) is 1. The maximum Gasteiger partial charge on any atom is 0.251 e. The lowest BCUT2D eigenvalue weighted by molar-refractivity contribution is 0.0916. The fraction of sp³-hybridized carbons (Fsp3) is 0.417. The molecular weight excluding hydrogens is 193 g/mol. The van der Waals surface area contributed by atoms with Crippen LogP contribution in [0.3, 0.4) is 0 Å². The van der Waals surface area contributed by atoms with Gasteiger partial charge in [-0.2, -0.15) is 0 Å². The van der Waals surface area contributed by atoms with Crippen LogP contribution in [-0.2, 0) is 0 Å². The summed E-state index contributed by atoms with van der Waals surface area (Å²) < 4.78 is 13.0. The van der Waals surface area contributed by atoms with Crippen molar-refractivity contribution in [2.75, 3.05) is 0 Å². The summed E-state index contributed by atoms with van der Waals surface area (Å²) in [5, 5.41) is 2.88. The third-order valence-corrected chi connectivity index (χ3v) is 2.74. The Morgan fingerprint density at radius 1 is 1.47 bits per heavy atom. The Labute approximate surface area is 90.0 Å². The van der Waals surface area contributed by atoms with Gasteiger partial charge in [-0.1, -0.05) is 0 Å². The van der Waals surface area contributed by atoms with Crippen molar-refractivity contribution in [2.24, 2.45) is 0 Å². The van der Waals surface area contributed by atoms with Crippen LogP contribution < -0.4 is 5.32 Å². The molecule has 0 unspecified atom stereocenters. The Balaban J connectivity index is 0.00000128. The summed E-state index contributed by atoms with van der Waals surface area (Å²) in [6.45, 7) is 1.78. The molecule has 0 radical (unpaired) electrons. The summed E-state index contributed by atoms with van der Waals surface area (Å²) in [7, 11) is 0. The average Bonchev–Trinajstić information content (AvgIpc) is 2.09. The number of rotatable bonds is 2. The van der Waals surface area contributed by atoms with Crippen molar-refractivity contribution in [1.29, 1.82) is 0 Å². The number of aryl methyl sites for hydroxylation is 1. The number of nitrogens with one attached hydrogen (secondary N) is 1. The van der Waals surface area contributed by atoms with Gasteiger partial charge in [-0.05, 0) is 49.9 Å². The van der Waals surface area contributed by atoms with Crippen molar-refractivity contribution >= 4 is 5.91 Å². The molecule has 0 saturated heterocycles. The summed E-state index contributed by atoms with van der Waals surface area (Å²) in [5.41, 5.74) is 1.19. The topological polar surface area (TPSA) is 29.1 Å². The number of amides is 1. The van der Waals surface area contributed by atoms with Crippen LogP contribution in [-0.4, -0.2) is 11.9 Å². The maximum atomic E-state index is 13.0. The van der Waals surface area contributed by atoms with Gasteiger partial charge in [0, 0.05) is 13.0 Å². The van der Waals surface area contributed by atoms with Crippen LogP contribution in [0.15, 0.2) is 18.2 Å². The third-order valence-electron chi connectivity index (χ3n) is 2.74. The first-order chi connectivity index (χ1) is 7.15. The zero-order valence-corrected chi connectivity index (χ0v) is 8.72. The maximum absolute atomic E-state index is 13.0. The lowest BCUT2D eigenvalue weighted by Crippen LogP contribution is -2.39. The second kappa shape index (κ2) is 4.01. The molecule has 0 atom stereocenters. The average molecular weight is 209 g/mol. The highest BCUT2D eigenvalue weighted by molar-refractivity contribution is 5.94. The van der Waals surface area contributed by atoms with Crippen LogP contribution in [0, 0.1) is 12.7 Å². The molecule has 1 amide bonds. The molecule has 2 nitrogen and oxygen atoms in total. The lowest BCUT2D eigenvalue weighted by Gasteiger charge is -2.26. The quantitative estimate of drug-likeness (QED) is 0.797. The van der Waals surface area contributed by atoms with Crippen molar-refractivity contribution in [1.82, 2.24) is 5.32 Å². The zero-order chi connectivity index (χ0) is 10.8. The molecule has 2 rings (SSSR count). The van der Waals surface area contributed by atoms with Crippen LogP contribution >= 0.6 is 0 Å². The SMILES string of the molecule is Cc1cc(F)cc(C(=O)NC2CCC2)c1.[HH]. The van der Waals surface area contributed by atoms with Crippen LogP contribution in [0.2, 0.25) is 0 Å². The van der Waals surface area contributed by atoms with Gasteiger partial charge in [0.1, 0.15) is 5.82 Å². The minimum Gasteiger partial charge on any atom is -0.349 e. The predicted molar refractivity (Wildman–Crippen MR) is 58.4 cm³/mol. The fourth-order valence-electron chi connectivity index (χ4n) is 1.69. The van der Waals surface area contributed by atoms with E-state index in [4.69, 9.17) is 0 Å². The van der Waals surface area contributed by atoms with Crippen molar-refractivity contribution < 1.29 is 10.6 Å². The molecule has 82 valence electrons. The van der Waals surface area contributed by atoms with Gasteiger partial charge in [0.15, 0.2) is 0 Å². The Morgan fingerprint density at radius 3 is 2.73 bits per heavy atom. The normalized spacial score (nSPS) is 15.9. The third kappa shape index (κ3) is 2.35. The smallest absolute Gasteiger partial charge is 0.251 e. The molecule has 1 fully saturated rings. The number of halogens is 1. The van der Waals surface area contributed by atoms with E-state index in [-0.39, 0.29) is 13.2 Å². The molecule has 1 aliphatic carbocycles. The molecule has 1 aromatic carbocycles. The minimum absolute atomic E-state index is 0. The summed E-state index contributed by atoms with van der Waals surface area (Å²) in [4.78, 5) is 11.7. The minimum atomic E-state index is -0.353. The van der Waals surface area contributed by atoms with E-state index in [0.29, 0.717) is 11.6 Å². The van der Waals surface area contributed by atoms with Crippen molar-refractivity contribution in [3.8, 4) is 0 Å². The van der Waals surface area contributed by atoms with Crippen LogP contribution in [0.5, 0.6) is 0 Å². The van der Waals surface area contributed by atoms with Gasteiger partial charge in [0.25, 0.3) is 5.91 Å². The number of carbonyl (C=O) groups is 1. The highest BCUT2D eigenvalue weighted by atomic mass is 19.1. The number of hydrogen-bond donors (Lipinski definition) is 1. The molecule has 0 spiro atoms. The highest BCUT2D eigenvalue weighted by Gasteiger charge is 2.20. The van der Waals surface area contributed by atoms with Crippen LogP contribution in [0.1, 0.15) is 36.6 Å². The monoisotopic (exact) mass is 209 g/mol. The molecule has 15 heavy (non-hydrogen) atoms. The molecule has 1 aromatic rings. The Hall–Kier alpha value is -1.38. The molecule has 0 bridgehead atoms. The van der Waals surface area contributed by atoms with E-state index in [1.807, 2.05) is 0 Å². The fourth-order valence-corrected chi connectivity index (χ4v) is 1.69. The standard InChI is InChI=1S/C12H14FNO.H2/c1-8-5-9(7-10(13)6-8)12(15)14-11-3-2-4-11;/h5-7,11H,2-4H2,1H3,(H,14,15);1H. The molecular formula is C12H16FNO. The highest BCUT2D eigenvalue weighted by Crippen LogP contribution is 2.19. The van der Waals surface area contributed by atoms with E-state index < -0.39 is 0 Å². The van der Waals surface area contributed by atoms with E-state index >= 15 is 0 Å². The zero-order valence-electron chi connectivity index (χ0n) is 8.72. The predicted octanol–water partition coefficient (Wildman–Crippen LogP) is 2.66. The Bertz CT molecular complexity index is 370. The van der Waals surface area contributed by atoms with Gasteiger partial charge in [0.2, 0.25) is 0 Å². The second-order valence-electron chi connectivity index (χ2n) is 4.12. The van der Waals surface area contributed by atoms with Crippen LogP contribution in [0.4, 0.5) is 4.39 Å². The van der Waals surface area contributed by atoms with Gasteiger partial charge in [-0.15, -0.1) is 0 Å². The first-order valence-corrected chi connectivity index (χ1v) is 5.23. The molecule has 0 aromatic heterocycles. The largest absolute Gasteiger partial charge is 0.349 e. The van der Waals surface area contributed by atoms with E-state index in [2.05, 4.69) is 5.32 Å². The summed E-state index contributed by atoms with van der Waals surface area (Å²) in [6, 6.07) is 4.69. The molecule has 0 aliphatic heterocycles. The van der Waals surface area contributed by atoms with Gasteiger partial charge < -0.3 is 5.32 Å². The van der Waals surface area contributed by atoms with Gasteiger partial charge >= 0.3 is 0 Å². The number of carbonyl (C=O) groups excluding carboxylic acids is 1. The summed E-state index contributed by atoms with van der Waals surface area (Å²) >= 11 is 0. The van der Waals surface area contributed by atoms with Crippen molar-refractivity contribution in [3.63, 3.8) is 0 Å². The summed E-state index contributed by atoms with van der Waals surface area (Å²) in [5.74, 6) is -0.518. The van der Waals surface area contributed by atoms with Gasteiger partial charge in [-0.25, -0.2) is 4.39 Å². The van der Waals surface area contributed by atoms with Crippen molar-refractivity contribution in [2.45, 2.75) is 32.2 Å². The molecule has 0 heterocycles.